The van der Waals surface area contributed by atoms with Gasteiger partial charge in [-0.25, -0.2) is 0 Å². The van der Waals surface area contributed by atoms with Crippen molar-refractivity contribution in [2.75, 3.05) is 20.7 Å². The van der Waals surface area contributed by atoms with Gasteiger partial charge >= 0.3 is 0 Å². The number of aryl methyl sites for hydroxylation is 1. The highest BCUT2D eigenvalue weighted by atomic mass is 16.5. The predicted molar refractivity (Wildman–Crippen MR) is 167 cm³/mol. The van der Waals surface area contributed by atoms with Crippen LogP contribution in [0.2, 0.25) is 0 Å². The van der Waals surface area contributed by atoms with Crippen molar-refractivity contribution in [3.05, 3.63) is 70.0 Å². The minimum atomic E-state index is -0.629. The first-order chi connectivity index (χ1) is 21.2. The first-order valence-corrected chi connectivity index (χ1v) is 15.8. The van der Waals surface area contributed by atoms with Crippen LogP contribution in [0.5, 0.6) is 23.0 Å². The van der Waals surface area contributed by atoms with Crippen LogP contribution in [0, 0.1) is 11.8 Å². The van der Waals surface area contributed by atoms with Crippen LogP contribution in [-0.4, -0.2) is 58.4 Å². The number of fused-ring (bicyclic) bond motifs is 1. The van der Waals surface area contributed by atoms with Crippen molar-refractivity contribution < 1.29 is 35.0 Å². The number of phenolic OH excluding ortho intramolecular Hbond substituents is 2. The average molecular weight is 608 g/mol. The molecule has 2 aromatic carbocycles. The zero-order valence-electron chi connectivity index (χ0n) is 26.0. The molecule has 0 unspecified atom stereocenters. The molecule has 1 aromatic heterocycles. The van der Waals surface area contributed by atoms with E-state index < -0.39 is 30.3 Å². The molecule has 1 saturated heterocycles. The summed E-state index contributed by atoms with van der Waals surface area (Å²) in [5.74, 6) is 0.311. The molecular weight excluding hydrogens is 560 g/mol. The average Bonchev–Trinajstić information content (AvgIpc) is 3.54. The Labute approximate surface area is 259 Å². The van der Waals surface area contributed by atoms with Crippen LogP contribution < -0.4 is 15.0 Å². The minimum Gasteiger partial charge on any atom is -0.670 e. The molecule has 9 nitrogen and oxygen atoms in total. The van der Waals surface area contributed by atoms with Gasteiger partial charge in [0.25, 0.3) is 0 Å². The third-order valence-corrected chi connectivity index (χ3v) is 9.83. The lowest BCUT2D eigenvalue weighted by molar-refractivity contribution is -0.154. The number of aromatic hydroxyl groups is 3. The molecule has 6 N–H and O–H groups in total. The molecule has 3 aromatic rings. The van der Waals surface area contributed by atoms with Gasteiger partial charge in [-0.1, -0.05) is 30.7 Å². The van der Waals surface area contributed by atoms with Gasteiger partial charge in [0.05, 0.1) is 32.0 Å². The van der Waals surface area contributed by atoms with Gasteiger partial charge in [0.15, 0.2) is 11.5 Å². The predicted octanol–water partition coefficient (Wildman–Crippen LogP) is 4.81. The van der Waals surface area contributed by atoms with Gasteiger partial charge < -0.3 is 45.3 Å². The van der Waals surface area contributed by atoms with E-state index in [9.17, 15) is 25.5 Å². The van der Waals surface area contributed by atoms with Crippen molar-refractivity contribution in [2.45, 2.75) is 89.1 Å². The lowest BCUT2D eigenvalue weighted by Crippen LogP contribution is -2.44. The maximum absolute atomic E-state index is 11.4. The van der Waals surface area contributed by atoms with Gasteiger partial charge in [0, 0.05) is 23.5 Å². The maximum Gasteiger partial charge on any atom is 0.201 e. The molecule has 2 fully saturated rings. The Morgan fingerprint density at radius 3 is 2.59 bits per heavy atom. The Morgan fingerprint density at radius 1 is 1.07 bits per heavy atom. The van der Waals surface area contributed by atoms with Crippen molar-refractivity contribution in [1.29, 1.82) is 0 Å². The van der Waals surface area contributed by atoms with Crippen molar-refractivity contribution in [3.8, 4) is 23.0 Å². The van der Waals surface area contributed by atoms with E-state index in [-0.39, 0.29) is 29.3 Å². The summed E-state index contributed by atoms with van der Waals surface area (Å²) in [6.07, 6.45) is 7.89. The second kappa shape index (κ2) is 14.2. The first kappa shape index (κ1) is 32.2. The second-order valence-electron chi connectivity index (χ2n) is 12.7. The fourth-order valence-corrected chi connectivity index (χ4v) is 7.29. The Balaban J connectivity index is 1.41. The summed E-state index contributed by atoms with van der Waals surface area (Å²) in [5.41, 5.74) is 4.32. The molecule has 0 amide bonds. The van der Waals surface area contributed by atoms with Crippen LogP contribution in [0.25, 0.3) is 0 Å². The summed E-state index contributed by atoms with van der Waals surface area (Å²) >= 11 is 0. The molecule has 1 aliphatic heterocycles. The van der Waals surface area contributed by atoms with E-state index in [2.05, 4.69) is 23.3 Å². The van der Waals surface area contributed by atoms with E-state index in [0.717, 1.165) is 49.8 Å². The molecule has 6 atom stereocenters. The standard InChI is InChI=1S/C35H47N2O7/c1-20(10-12-36-2)4-5-24-15-22(7-9-28(24)39)23-6-8-25-29(40)17-31(44-30(25)16-23)32-26(14-21-11-13-37-18-21)35(43-3)34(42)33(41)27(32)19-38/h7,9,11,13,15,18,20,23,25,29-31,36,38-42H,4-6,8,10,12,14,16-17,19H2,1-3H3/q-1/t20-,23-,25-,29+,30+,31+/m1/s1. The number of aliphatic hydroxyl groups is 2. The third-order valence-electron chi connectivity index (χ3n) is 9.83. The summed E-state index contributed by atoms with van der Waals surface area (Å²) < 4.78 is 12.3. The highest BCUT2D eigenvalue weighted by Crippen LogP contribution is 2.52. The molecule has 0 radical (unpaired) electrons. The summed E-state index contributed by atoms with van der Waals surface area (Å²) in [7, 11) is 3.39. The van der Waals surface area contributed by atoms with Gasteiger partial charge in [-0.2, -0.15) is 12.4 Å². The van der Waals surface area contributed by atoms with E-state index >= 15 is 0 Å². The number of hydrogen-bond donors (Lipinski definition) is 6. The number of ether oxygens (including phenoxy) is 2. The quantitative estimate of drug-likeness (QED) is 0.160. The number of nitrogens with zero attached hydrogens (tertiary/aromatic N) is 1. The number of aromatic nitrogens is 1. The fraction of sp³-hybridized carbons (Fsp3) is 0.543. The monoisotopic (exact) mass is 607 g/mol. The number of methoxy groups -OCH3 is 1. The van der Waals surface area contributed by atoms with Crippen LogP contribution in [-0.2, 0) is 24.2 Å². The van der Waals surface area contributed by atoms with Gasteiger partial charge in [-0.15, -0.1) is 0 Å². The van der Waals surface area contributed by atoms with Crippen molar-refractivity contribution in [3.63, 3.8) is 0 Å². The molecular formula is C35H47N2O7-. The van der Waals surface area contributed by atoms with Gasteiger partial charge in [0.1, 0.15) is 5.75 Å². The zero-order valence-corrected chi connectivity index (χ0v) is 26.0. The summed E-state index contributed by atoms with van der Waals surface area (Å²) in [5, 5.41) is 57.2. The van der Waals surface area contributed by atoms with Gasteiger partial charge in [0.2, 0.25) is 5.75 Å². The Hall–Kier alpha value is -3.24. The van der Waals surface area contributed by atoms with E-state index in [0.29, 0.717) is 42.1 Å². The molecule has 1 saturated carbocycles. The van der Waals surface area contributed by atoms with Crippen LogP contribution in [0.3, 0.4) is 0 Å². The van der Waals surface area contributed by atoms with E-state index in [1.807, 2.05) is 19.2 Å². The molecule has 2 aliphatic rings. The largest absolute Gasteiger partial charge is 0.670 e. The molecule has 0 bridgehead atoms. The van der Waals surface area contributed by atoms with Crippen LogP contribution >= 0.6 is 0 Å². The number of rotatable bonds is 12. The van der Waals surface area contributed by atoms with Crippen LogP contribution in [0.15, 0.2) is 36.7 Å². The first-order valence-electron chi connectivity index (χ1n) is 15.8. The van der Waals surface area contributed by atoms with E-state index in [1.54, 1.807) is 18.5 Å². The Morgan fingerprint density at radius 2 is 1.89 bits per heavy atom. The summed E-state index contributed by atoms with van der Waals surface area (Å²) in [6.45, 7) is 2.71. The van der Waals surface area contributed by atoms with Crippen molar-refractivity contribution in [2.24, 2.45) is 11.8 Å². The number of hydrogen-bond acceptors (Lipinski definition) is 8. The Bertz CT molecular complexity index is 1390. The molecule has 0 spiro atoms. The van der Waals surface area contributed by atoms with Gasteiger partial charge in [-0.05, 0) is 93.1 Å². The number of aliphatic hydroxyl groups excluding tert-OH is 2. The summed E-state index contributed by atoms with van der Waals surface area (Å²) in [4.78, 5) is 4.15. The molecule has 1 aliphatic carbocycles. The smallest absolute Gasteiger partial charge is 0.201 e. The van der Waals surface area contributed by atoms with E-state index in [1.165, 1.54) is 12.7 Å². The number of nitrogens with one attached hydrogen (secondary N) is 1. The highest BCUT2D eigenvalue weighted by Gasteiger charge is 2.44. The Kier molecular flexibility index (Phi) is 10.4. The van der Waals surface area contributed by atoms with Crippen molar-refractivity contribution >= 4 is 0 Å². The topological polar surface area (TPSA) is 146 Å². The lowest BCUT2D eigenvalue weighted by Gasteiger charge is -2.45. The molecule has 9 heteroatoms. The third kappa shape index (κ3) is 6.71. The zero-order chi connectivity index (χ0) is 31.4. The van der Waals surface area contributed by atoms with Crippen LogP contribution in [0.4, 0.5) is 0 Å². The number of phenols is 3. The summed E-state index contributed by atoms with van der Waals surface area (Å²) in [6, 6.07) is 7.81. The van der Waals surface area contributed by atoms with Crippen molar-refractivity contribution in [1.82, 2.24) is 10.3 Å². The van der Waals surface area contributed by atoms with Gasteiger partial charge in [-0.3, -0.25) is 0 Å². The minimum absolute atomic E-state index is 0.0278. The molecule has 44 heavy (non-hydrogen) atoms. The van der Waals surface area contributed by atoms with E-state index in [4.69, 9.17) is 9.47 Å². The van der Waals surface area contributed by atoms with Crippen LogP contribution in [0.1, 0.15) is 90.9 Å². The molecule has 5 rings (SSSR count). The number of benzene rings is 2. The normalized spacial score (nSPS) is 24.2. The lowest BCUT2D eigenvalue weighted by atomic mass is 9.71. The molecule has 2 heterocycles. The SMILES string of the molecule is CNCC[C@H](C)CCc1cc([C@@H]2CC[C@H]3[C@H](C2)O[C@H](c2c(CO)c(O)c(O)c(OC)c2Cc2cc[n-]c2)C[C@@H]3O)ccc1O. The highest BCUT2D eigenvalue weighted by molar-refractivity contribution is 5.64. The maximum atomic E-state index is 11.4. The fourth-order valence-electron chi connectivity index (χ4n) is 7.29. The second-order valence-corrected chi connectivity index (χ2v) is 12.7. The molecule has 240 valence electrons.